The fourth-order valence-corrected chi connectivity index (χ4v) is 3.44. The number of carbonyl (C=O) groups excluding carboxylic acids is 2. The van der Waals surface area contributed by atoms with E-state index in [2.05, 4.69) is 33.8 Å². The fraction of sp³-hybridized carbons (Fsp3) is 0.591. The van der Waals surface area contributed by atoms with E-state index in [0.29, 0.717) is 25.5 Å². The summed E-state index contributed by atoms with van der Waals surface area (Å²) in [6.07, 6.45) is 2.15. The maximum Gasteiger partial charge on any atom is 0.240 e. The van der Waals surface area contributed by atoms with E-state index in [1.165, 1.54) is 11.1 Å². The minimum atomic E-state index is -0.260. The van der Waals surface area contributed by atoms with Crippen LogP contribution in [-0.2, 0) is 22.6 Å². The molecule has 2 N–H and O–H groups in total. The van der Waals surface area contributed by atoms with Gasteiger partial charge in [0.15, 0.2) is 5.96 Å². The van der Waals surface area contributed by atoms with Crippen molar-refractivity contribution in [2.24, 2.45) is 4.99 Å². The average molecular weight is 402 g/mol. The number of benzene rings is 1. The van der Waals surface area contributed by atoms with Gasteiger partial charge in [0.1, 0.15) is 0 Å². The lowest BCUT2D eigenvalue weighted by Crippen LogP contribution is -2.48. The highest BCUT2D eigenvalue weighted by Gasteiger charge is 2.20. The number of hydrogen-bond donors (Lipinski definition) is 2. The molecule has 2 rings (SSSR count). The molecule has 1 heterocycles. The average Bonchev–Trinajstić information content (AvgIpc) is 2.65. The monoisotopic (exact) mass is 401 g/mol. The van der Waals surface area contributed by atoms with Crippen molar-refractivity contribution in [3.63, 3.8) is 0 Å². The summed E-state index contributed by atoms with van der Waals surface area (Å²) in [6.45, 7) is 8.21. The van der Waals surface area contributed by atoms with Gasteiger partial charge in [0.2, 0.25) is 11.8 Å². The number of nitrogens with zero attached hydrogens (tertiary/aromatic N) is 3. The van der Waals surface area contributed by atoms with E-state index < -0.39 is 0 Å². The summed E-state index contributed by atoms with van der Waals surface area (Å²) < 4.78 is 0. The maximum atomic E-state index is 12.5. The van der Waals surface area contributed by atoms with Crippen LogP contribution in [0, 0.1) is 0 Å². The molecule has 160 valence electrons. The van der Waals surface area contributed by atoms with E-state index in [0.717, 1.165) is 19.4 Å². The summed E-state index contributed by atoms with van der Waals surface area (Å²) in [5.41, 5.74) is 2.34. The highest BCUT2D eigenvalue weighted by molar-refractivity contribution is 5.86. The number of fused-ring (bicyclic) bond motifs is 1. The predicted molar refractivity (Wildman–Crippen MR) is 117 cm³/mol. The van der Waals surface area contributed by atoms with Gasteiger partial charge in [-0.25, -0.2) is 0 Å². The van der Waals surface area contributed by atoms with Gasteiger partial charge in [-0.15, -0.1) is 0 Å². The molecular formula is C22H35N5O2. The molecular weight excluding hydrogens is 366 g/mol. The Labute approximate surface area is 174 Å². The van der Waals surface area contributed by atoms with E-state index in [1.807, 2.05) is 38.8 Å². The Balaban J connectivity index is 1.72. The van der Waals surface area contributed by atoms with Crippen LogP contribution in [-0.4, -0.2) is 66.8 Å². The van der Waals surface area contributed by atoms with Gasteiger partial charge in [0.05, 0.1) is 6.54 Å². The maximum absolute atomic E-state index is 12.5. The van der Waals surface area contributed by atoms with Crippen molar-refractivity contribution in [2.75, 3.05) is 33.7 Å². The number of aliphatic imine (C=N–C) groups is 1. The summed E-state index contributed by atoms with van der Waals surface area (Å²) in [4.78, 5) is 32.6. The van der Waals surface area contributed by atoms with E-state index in [1.54, 1.807) is 11.9 Å². The number of amides is 2. The zero-order chi connectivity index (χ0) is 21.4. The van der Waals surface area contributed by atoms with Crippen LogP contribution >= 0.6 is 0 Å². The van der Waals surface area contributed by atoms with Crippen LogP contribution in [0.3, 0.4) is 0 Å². The Kier molecular flexibility index (Phi) is 8.05. The fourth-order valence-electron chi connectivity index (χ4n) is 3.44. The molecule has 0 unspecified atom stereocenters. The van der Waals surface area contributed by atoms with Gasteiger partial charge in [0.25, 0.3) is 0 Å². The van der Waals surface area contributed by atoms with Gasteiger partial charge in [-0.3, -0.25) is 14.6 Å². The lowest BCUT2D eigenvalue weighted by atomic mass is 9.99. The van der Waals surface area contributed by atoms with Crippen molar-refractivity contribution in [2.45, 2.75) is 52.1 Å². The van der Waals surface area contributed by atoms with Crippen molar-refractivity contribution in [1.82, 2.24) is 20.4 Å². The highest BCUT2D eigenvalue weighted by atomic mass is 16.2. The zero-order valence-corrected chi connectivity index (χ0v) is 18.4. The first-order valence-electron chi connectivity index (χ1n) is 10.3. The zero-order valence-electron chi connectivity index (χ0n) is 18.4. The van der Waals surface area contributed by atoms with Gasteiger partial charge < -0.3 is 20.4 Å². The van der Waals surface area contributed by atoms with Crippen molar-refractivity contribution >= 4 is 17.8 Å². The van der Waals surface area contributed by atoms with Crippen molar-refractivity contribution in [1.29, 1.82) is 0 Å². The molecule has 0 radical (unpaired) electrons. The molecule has 1 aliphatic rings. The third-order valence-corrected chi connectivity index (χ3v) is 4.80. The number of hydrogen-bond acceptors (Lipinski definition) is 3. The quantitative estimate of drug-likeness (QED) is 0.433. The first-order chi connectivity index (χ1) is 13.7. The lowest BCUT2D eigenvalue weighted by Gasteiger charge is -2.29. The van der Waals surface area contributed by atoms with Crippen LogP contribution in [0.4, 0.5) is 0 Å². The summed E-state index contributed by atoms with van der Waals surface area (Å²) >= 11 is 0. The molecule has 1 aromatic carbocycles. The molecule has 0 bridgehead atoms. The summed E-state index contributed by atoms with van der Waals surface area (Å²) in [5, 5.41) is 6.18. The van der Waals surface area contributed by atoms with Gasteiger partial charge in [0, 0.05) is 45.7 Å². The van der Waals surface area contributed by atoms with Crippen LogP contribution in [0.15, 0.2) is 29.3 Å². The molecule has 0 saturated heterocycles. The van der Waals surface area contributed by atoms with Crippen molar-refractivity contribution in [3.8, 4) is 0 Å². The van der Waals surface area contributed by atoms with E-state index >= 15 is 0 Å². The largest absolute Gasteiger partial charge is 0.356 e. The summed E-state index contributed by atoms with van der Waals surface area (Å²) in [5.74, 6) is 0.783. The minimum Gasteiger partial charge on any atom is -0.356 e. The molecule has 0 spiro atoms. The Bertz CT molecular complexity index is 739. The van der Waals surface area contributed by atoms with Crippen LogP contribution < -0.4 is 10.6 Å². The molecule has 2 amide bonds. The first kappa shape index (κ1) is 22.7. The van der Waals surface area contributed by atoms with Gasteiger partial charge in [-0.1, -0.05) is 24.3 Å². The molecule has 7 heteroatoms. The standard InChI is InChI=1S/C22H35N5O2/c1-22(2,3)25-19(28)16-26(5)21(23-4)24-13-8-11-20(29)27-14-12-17-9-6-7-10-18(17)15-27/h6-7,9-10H,8,11-16H2,1-5H3,(H,23,24)(H,25,28). The topological polar surface area (TPSA) is 77.0 Å². The number of likely N-dealkylation sites (N-methyl/N-ethyl adjacent to an activating group) is 1. The predicted octanol–water partition coefficient (Wildman–Crippen LogP) is 1.77. The van der Waals surface area contributed by atoms with Crippen LogP contribution in [0.5, 0.6) is 0 Å². The molecule has 0 atom stereocenters. The minimum absolute atomic E-state index is 0.0523. The van der Waals surface area contributed by atoms with E-state index in [9.17, 15) is 9.59 Å². The first-order valence-corrected chi connectivity index (χ1v) is 10.3. The third kappa shape index (κ3) is 7.40. The third-order valence-electron chi connectivity index (χ3n) is 4.80. The van der Waals surface area contributed by atoms with Crippen LogP contribution in [0.25, 0.3) is 0 Å². The molecule has 7 nitrogen and oxygen atoms in total. The summed E-state index contributed by atoms with van der Waals surface area (Å²) in [7, 11) is 3.52. The number of nitrogens with one attached hydrogen (secondary N) is 2. The van der Waals surface area contributed by atoms with Gasteiger partial charge >= 0.3 is 0 Å². The smallest absolute Gasteiger partial charge is 0.240 e. The molecule has 1 aromatic rings. The van der Waals surface area contributed by atoms with Crippen LogP contribution in [0.2, 0.25) is 0 Å². The second kappa shape index (κ2) is 10.3. The molecule has 0 aromatic heterocycles. The summed E-state index contributed by atoms with van der Waals surface area (Å²) in [6, 6.07) is 8.33. The number of carbonyl (C=O) groups is 2. The second-order valence-electron chi connectivity index (χ2n) is 8.57. The Morgan fingerprint density at radius 2 is 1.90 bits per heavy atom. The molecule has 0 saturated carbocycles. The number of rotatable bonds is 6. The van der Waals surface area contributed by atoms with Gasteiger partial charge in [-0.2, -0.15) is 0 Å². The van der Waals surface area contributed by atoms with E-state index in [4.69, 9.17) is 0 Å². The molecule has 0 fully saturated rings. The Morgan fingerprint density at radius 3 is 2.55 bits per heavy atom. The number of guanidine groups is 1. The normalized spacial score (nSPS) is 14.2. The molecule has 0 aliphatic carbocycles. The molecule has 1 aliphatic heterocycles. The Morgan fingerprint density at radius 1 is 1.21 bits per heavy atom. The van der Waals surface area contributed by atoms with Crippen molar-refractivity contribution < 1.29 is 9.59 Å². The van der Waals surface area contributed by atoms with Crippen LogP contribution in [0.1, 0.15) is 44.7 Å². The highest BCUT2D eigenvalue weighted by Crippen LogP contribution is 2.19. The van der Waals surface area contributed by atoms with E-state index in [-0.39, 0.29) is 23.9 Å². The molecule has 29 heavy (non-hydrogen) atoms. The Hall–Kier alpha value is -2.57. The SMILES string of the molecule is CN=C(NCCCC(=O)N1CCc2ccccc2C1)N(C)CC(=O)NC(C)(C)C. The lowest BCUT2D eigenvalue weighted by molar-refractivity contribution is -0.132. The van der Waals surface area contributed by atoms with Crippen molar-refractivity contribution in [3.05, 3.63) is 35.4 Å². The van der Waals surface area contributed by atoms with Gasteiger partial charge in [-0.05, 0) is 44.7 Å². The second-order valence-corrected chi connectivity index (χ2v) is 8.57.